The largest absolute Gasteiger partial charge is 0.326 e. The van der Waals surface area contributed by atoms with E-state index in [0.29, 0.717) is 11.4 Å². The van der Waals surface area contributed by atoms with Crippen molar-refractivity contribution in [3.63, 3.8) is 0 Å². The molecule has 5 nitrogen and oxygen atoms in total. The molecule has 0 aromatic heterocycles. The first-order chi connectivity index (χ1) is 13.9. The molecule has 0 aliphatic rings. The number of amides is 1. The van der Waals surface area contributed by atoms with E-state index in [9.17, 15) is 13.2 Å². The number of nitrogens with zero attached hydrogens (tertiary/aromatic N) is 1. The van der Waals surface area contributed by atoms with Crippen molar-refractivity contribution in [1.29, 1.82) is 0 Å². The van der Waals surface area contributed by atoms with Crippen LogP contribution in [0.15, 0.2) is 96.4 Å². The summed E-state index contributed by atoms with van der Waals surface area (Å²) in [7, 11) is -3.84. The van der Waals surface area contributed by atoms with E-state index in [1.165, 1.54) is 23.4 Å². The predicted molar refractivity (Wildman–Crippen MR) is 117 cm³/mol. The van der Waals surface area contributed by atoms with Gasteiger partial charge >= 0.3 is 0 Å². The topological polar surface area (TPSA) is 66.5 Å². The molecule has 0 spiro atoms. The zero-order chi connectivity index (χ0) is 20.9. The van der Waals surface area contributed by atoms with Gasteiger partial charge in [0.2, 0.25) is 5.91 Å². The number of sulfonamides is 1. The molecule has 0 unspecified atom stereocenters. The Balaban J connectivity index is 2.06. The third-order valence-corrected chi connectivity index (χ3v) is 6.11. The Labute approximate surface area is 171 Å². The van der Waals surface area contributed by atoms with Crippen LogP contribution in [0, 0.1) is 0 Å². The Bertz CT molecular complexity index is 1110. The first-order valence-corrected chi connectivity index (χ1v) is 10.5. The van der Waals surface area contributed by atoms with E-state index < -0.39 is 10.0 Å². The molecule has 0 aliphatic heterocycles. The van der Waals surface area contributed by atoms with Gasteiger partial charge in [0.15, 0.2) is 0 Å². The monoisotopic (exact) mass is 406 g/mol. The third-order valence-electron chi connectivity index (χ3n) is 4.32. The zero-order valence-corrected chi connectivity index (χ0v) is 16.9. The lowest BCUT2D eigenvalue weighted by Gasteiger charge is -2.26. The molecule has 29 heavy (non-hydrogen) atoms. The predicted octanol–water partition coefficient (Wildman–Crippen LogP) is 4.69. The molecule has 148 valence electrons. The molecule has 0 fully saturated rings. The summed E-state index contributed by atoms with van der Waals surface area (Å²) >= 11 is 0. The van der Waals surface area contributed by atoms with Crippen molar-refractivity contribution in [2.45, 2.75) is 11.8 Å². The van der Waals surface area contributed by atoms with E-state index in [1.807, 2.05) is 48.5 Å². The van der Waals surface area contributed by atoms with Crippen molar-refractivity contribution in [1.82, 2.24) is 0 Å². The van der Waals surface area contributed by atoms with Gasteiger partial charge in [0.05, 0.1) is 17.1 Å². The normalized spacial score (nSPS) is 10.9. The fourth-order valence-electron chi connectivity index (χ4n) is 3.04. The quantitative estimate of drug-likeness (QED) is 0.579. The summed E-state index contributed by atoms with van der Waals surface area (Å²) in [5, 5.41) is 2.64. The minimum Gasteiger partial charge on any atom is -0.326 e. The highest BCUT2D eigenvalue weighted by molar-refractivity contribution is 7.92. The number of rotatable bonds is 7. The second-order valence-corrected chi connectivity index (χ2v) is 8.28. The molecule has 0 saturated heterocycles. The average Bonchev–Trinajstić information content (AvgIpc) is 2.72. The van der Waals surface area contributed by atoms with E-state index in [0.717, 1.165) is 11.1 Å². The summed E-state index contributed by atoms with van der Waals surface area (Å²) in [4.78, 5) is 11.3. The van der Waals surface area contributed by atoms with Gasteiger partial charge in [-0.15, -0.1) is 6.58 Å². The van der Waals surface area contributed by atoms with Crippen molar-refractivity contribution in [3.05, 3.63) is 91.5 Å². The van der Waals surface area contributed by atoms with Crippen LogP contribution in [0.2, 0.25) is 0 Å². The highest BCUT2D eigenvalue weighted by Gasteiger charge is 2.26. The molecule has 3 aromatic rings. The number of para-hydroxylation sites is 1. The molecule has 6 heteroatoms. The molecule has 1 amide bonds. The summed E-state index contributed by atoms with van der Waals surface area (Å²) in [6.45, 7) is 5.25. The van der Waals surface area contributed by atoms with Crippen molar-refractivity contribution < 1.29 is 13.2 Å². The van der Waals surface area contributed by atoms with Crippen LogP contribution in [-0.2, 0) is 14.8 Å². The second-order valence-electron chi connectivity index (χ2n) is 6.41. The van der Waals surface area contributed by atoms with Crippen LogP contribution in [0.25, 0.3) is 11.1 Å². The van der Waals surface area contributed by atoms with Crippen LogP contribution in [0.5, 0.6) is 0 Å². The number of carbonyl (C=O) groups excluding carboxylic acids is 1. The molecule has 0 bridgehead atoms. The maximum atomic E-state index is 13.4. The standard InChI is InChI=1S/C23H22N2O3S/c1-3-17-25(23-12-8-7-11-22(23)19-9-5-4-6-10-19)29(27,28)21-15-13-20(14-16-21)24-18(2)26/h3-16H,1,17H2,2H3,(H,24,26). The van der Waals surface area contributed by atoms with Crippen molar-refractivity contribution in [2.75, 3.05) is 16.2 Å². The number of hydrogen-bond acceptors (Lipinski definition) is 3. The van der Waals surface area contributed by atoms with Crippen LogP contribution in [0.3, 0.4) is 0 Å². The summed E-state index contributed by atoms with van der Waals surface area (Å²) in [6, 6.07) is 23.1. The van der Waals surface area contributed by atoms with Crippen molar-refractivity contribution >= 4 is 27.3 Å². The number of anilines is 2. The van der Waals surface area contributed by atoms with E-state index in [1.54, 1.807) is 24.3 Å². The van der Waals surface area contributed by atoms with Gasteiger partial charge in [0, 0.05) is 18.2 Å². The lowest BCUT2D eigenvalue weighted by atomic mass is 10.0. The maximum absolute atomic E-state index is 13.4. The number of nitrogens with one attached hydrogen (secondary N) is 1. The van der Waals surface area contributed by atoms with Gasteiger partial charge in [-0.05, 0) is 35.9 Å². The molecular formula is C23H22N2O3S. The van der Waals surface area contributed by atoms with Gasteiger partial charge in [-0.2, -0.15) is 0 Å². The molecule has 0 saturated carbocycles. The van der Waals surface area contributed by atoms with Crippen LogP contribution in [-0.4, -0.2) is 20.9 Å². The van der Waals surface area contributed by atoms with Crippen molar-refractivity contribution in [2.24, 2.45) is 0 Å². The molecule has 0 aliphatic carbocycles. The minimum atomic E-state index is -3.84. The fourth-order valence-corrected chi connectivity index (χ4v) is 4.49. The summed E-state index contributed by atoms with van der Waals surface area (Å²) in [5.41, 5.74) is 2.85. The SMILES string of the molecule is C=CCN(c1ccccc1-c1ccccc1)S(=O)(=O)c1ccc(NC(C)=O)cc1. The smallest absolute Gasteiger partial charge is 0.264 e. The Hall–Kier alpha value is -3.38. The summed E-state index contributed by atoms with van der Waals surface area (Å²) in [5.74, 6) is -0.217. The molecule has 1 N–H and O–H groups in total. The van der Waals surface area contributed by atoms with Crippen LogP contribution >= 0.6 is 0 Å². The zero-order valence-electron chi connectivity index (χ0n) is 16.1. The highest BCUT2D eigenvalue weighted by Crippen LogP contribution is 2.34. The van der Waals surface area contributed by atoms with Gasteiger partial charge < -0.3 is 5.32 Å². The van der Waals surface area contributed by atoms with Crippen LogP contribution in [0.4, 0.5) is 11.4 Å². The Morgan fingerprint density at radius 3 is 2.21 bits per heavy atom. The number of carbonyl (C=O) groups is 1. The molecule has 3 rings (SSSR count). The second kappa shape index (κ2) is 8.75. The summed E-state index contributed by atoms with van der Waals surface area (Å²) < 4.78 is 28.2. The van der Waals surface area contributed by atoms with Gasteiger partial charge in [-0.1, -0.05) is 54.6 Å². The third kappa shape index (κ3) is 4.55. The Morgan fingerprint density at radius 2 is 1.59 bits per heavy atom. The summed E-state index contributed by atoms with van der Waals surface area (Å²) in [6.07, 6.45) is 1.56. The molecular weight excluding hydrogens is 384 g/mol. The van der Waals surface area contributed by atoms with Gasteiger partial charge in [0.1, 0.15) is 0 Å². The van der Waals surface area contributed by atoms with E-state index >= 15 is 0 Å². The number of benzene rings is 3. The first-order valence-electron chi connectivity index (χ1n) is 9.09. The van der Waals surface area contributed by atoms with E-state index in [-0.39, 0.29) is 17.3 Å². The molecule has 0 heterocycles. The minimum absolute atomic E-state index is 0.125. The van der Waals surface area contributed by atoms with Crippen LogP contribution < -0.4 is 9.62 Å². The van der Waals surface area contributed by atoms with Gasteiger partial charge in [0.25, 0.3) is 10.0 Å². The average molecular weight is 407 g/mol. The van der Waals surface area contributed by atoms with Crippen LogP contribution in [0.1, 0.15) is 6.92 Å². The molecule has 0 radical (unpaired) electrons. The Kier molecular flexibility index (Phi) is 6.14. The molecule has 3 aromatic carbocycles. The lowest BCUT2D eigenvalue weighted by Crippen LogP contribution is -2.31. The molecule has 0 atom stereocenters. The van der Waals surface area contributed by atoms with Crippen molar-refractivity contribution in [3.8, 4) is 11.1 Å². The first kappa shape index (κ1) is 20.4. The van der Waals surface area contributed by atoms with E-state index in [4.69, 9.17) is 0 Å². The number of hydrogen-bond donors (Lipinski definition) is 1. The lowest BCUT2D eigenvalue weighted by molar-refractivity contribution is -0.114. The Morgan fingerprint density at radius 1 is 0.966 bits per heavy atom. The van der Waals surface area contributed by atoms with E-state index in [2.05, 4.69) is 11.9 Å². The fraction of sp³-hybridized carbons (Fsp3) is 0.0870. The highest BCUT2D eigenvalue weighted by atomic mass is 32.2. The van der Waals surface area contributed by atoms with Gasteiger partial charge in [-0.25, -0.2) is 8.42 Å². The van der Waals surface area contributed by atoms with Gasteiger partial charge in [-0.3, -0.25) is 9.10 Å². The maximum Gasteiger partial charge on any atom is 0.264 e.